The van der Waals surface area contributed by atoms with Gasteiger partial charge in [0.25, 0.3) is 5.89 Å². The summed E-state index contributed by atoms with van der Waals surface area (Å²) < 4.78 is 10.7. The normalized spacial score (nSPS) is 11.0. The first-order chi connectivity index (χ1) is 10.1. The second-order valence-electron chi connectivity index (χ2n) is 5.04. The number of carbonyl (C=O) groups excluding carboxylic acids is 1. The van der Waals surface area contributed by atoms with Crippen LogP contribution in [0.4, 0.5) is 0 Å². The van der Waals surface area contributed by atoms with Crippen molar-refractivity contribution in [2.24, 2.45) is 0 Å². The van der Waals surface area contributed by atoms with Gasteiger partial charge in [-0.05, 0) is 27.1 Å². The number of hydrogen-bond acceptors (Lipinski definition) is 6. The molecule has 0 aromatic carbocycles. The molecule has 0 radical (unpaired) electrons. The summed E-state index contributed by atoms with van der Waals surface area (Å²) >= 11 is 0. The van der Waals surface area contributed by atoms with Crippen LogP contribution in [-0.4, -0.2) is 48.2 Å². The minimum absolute atomic E-state index is 0.0175. The smallest absolute Gasteiger partial charge is 0.251 e. The fourth-order valence-corrected chi connectivity index (χ4v) is 1.80. The van der Waals surface area contributed by atoms with E-state index >= 15 is 0 Å². The van der Waals surface area contributed by atoms with E-state index in [1.807, 2.05) is 25.9 Å². The lowest BCUT2D eigenvalue weighted by Gasteiger charge is -2.09. The van der Waals surface area contributed by atoms with Gasteiger partial charge in [0.1, 0.15) is 5.76 Å². The van der Waals surface area contributed by atoms with Gasteiger partial charge in [-0.15, -0.1) is 10.2 Å². The lowest BCUT2D eigenvalue weighted by molar-refractivity contribution is -0.121. The van der Waals surface area contributed by atoms with E-state index in [0.717, 1.165) is 17.9 Å². The molecule has 2 aromatic heterocycles. The quantitative estimate of drug-likeness (QED) is 0.826. The highest BCUT2D eigenvalue weighted by Gasteiger charge is 2.13. The van der Waals surface area contributed by atoms with E-state index in [1.54, 1.807) is 12.3 Å². The molecule has 0 bridgehead atoms. The first-order valence-electron chi connectivity index (χ1n) is 6.84. The number of nitrogens with one attached hydrogen (secondary N) is 1. The van der Waals surface area contributed by atoms with Crippen molar-refractivity contribution in [3.05, 3.63) is 24.0 Å². The molecule has 0 unspecified atom stereocenters. The van der Waals surface area contributed by atoms with Crippen molar-refractivity contribution in [2.45, 2.75) is 19.8 Å². The van der Waals surface area contributed by atoms with Gasteiger partial charge in [-0.2, -0.15) is 0 Å². The number of carbonyl (C=O) groups is 1. The third-order valence-corrected chi connectivity index (χ3v) is 3.00. The van der Waals surface area contributed by atoms with Gasteiger partial charge in [0.2, 0.25) is 11.8 Å². The zero-order chi connectivity index (χ0) is 15.2. The fourth-order valence-electron chi connectivity index (χ4n) is 1.80. The van der Waals surface area contributed by atoms with E-state index in [1.165, 1.54) is 0 Å². The Labute approximate surface area is 123 Å². The van der Waals surface area contributed by atoms with Crippen molar-refractivity contribution in [2.75, 3.05) is 27.2 Å². The Morgan fingerprint density at radius 3 is 2.86 bits per heavy atom. The SMILES string of the molecule is Cc1occc1-c1nnc(CCC(=O)NCCN(C)C)o1. The monoisotopic (exact) mass is 292 g/mol. The molecule has 7 nitrogen and oxygen atoms in total. The van der Waals surface area contributed by atoms with Gasteiger partial charge in [-0.1, -0.05) is 0 Å². The van der Waals surface area contributed by atoms with Crippen LogP contribution >= 0.6 is 0 Å². The molecular formula is C14H20N4O3. The predicted octanol–water partition coefficient (Wildman–Crippen LogP) is 1.25. The molecule has 0 fully saturated rings. The molecule has 1 N–H and O–H groups in total. The van der Waals surface area contributed by atoms with Crippen molar-refractivity contribution in [3.63, 3.8) is 0 Å². The minimum atomic E-state index is -0.0175. The number of amides is 1. The second kappa shape index (κ2) is 7.03. The van der Waals surface area contributed by atoms with Crippen LogP contribution in [0.3, 0.4) is 0 Å². The van der Waals surface area contributed by atoms with Crippen LogP contribution in [0, 0.1) is 6.92 Å². The highest BCUT2D eigenvalue weighted by molar-refractivity contribution is 5.76. The molecular weight excluding hydrogens is 272 g/mol. The number of aryl methyl sites for hydroxylation is 2. The van der Waals surface area contributed by atoms with Gasteiger partial charge in [-0.3, -0.25) is 4.79 Å². The molecule has 0 atom stereocenters. The van der Waals surface area contributed by atoms with Crippen molar-refractivity contribution in [1.82, 2.24) is 20.4 Å². The van der Waals surface area contributed by atoms with Gasteiger partial charge in [-0.25, -0.2) is 0 Å². The van der Waals surface area contributed by atoms with Gasteiger partial charge in [0, 0.05) is 25.9 Å². The first-order valence-corrected chi connectivity index (χ1v) is 6.84. The second-order valence-corrected chi connectivity index (χ2v) is 5.04. The molecule has 0 aliphatic carbocycles. The number of likely N-dealkylation sites (N-methyl/N-ethyl adjacent to an activating group) is 1. The van der Waals surface area contributed by atoms with Crippen LogP contribution in [0.25, 0.3) is 11.5 Å². The van der Waals surface area contributed by atoms with E-state index in [-0.39, 0.29) is 5.91 Å². The zero-order valence-electron chi connectivity index (χ0n) is 12.5. The molecule has 0 aliphatic rings. The summed E-state index contributed by atoms with van der Waals surface area (Å²) in [7, 11) is 3.92. The van der Waals surface area contributed by atoms with Crippen molar-refractivity contribution < 1.29 is 13.6 Å². The molecule has 0 spiro atoms. The Morgan fingerprint density at radius 1 is 1.38 bits per heavy atom. The van der Waals surface area contributed by atoms with E-state index in [9.17, 15) is 4.79 Å². The summed E-state index contributed by atoms with van der Waals surface area (Å²) in [5.74, 6) is 1.58. The maximum absolute atomic E-state index is 11.7. The van der Waals surface area contributed by atoms with Crippen LogP contribution in [0.15, 0.2) is 21.2 Å². The van der Waals surface area contributed by atoms with E-state index in [2.05, 4.69) is 15.5 Å². The Kier molecular flexibility index (Phi) is 5.10. The summed E-state index contributed by atoms with van der Waals surface area (Å²) in [6, 6.07) is 1.78. The fraction of sp³-hybridized carbons (Fsp3) is 0.500. The molecule has 7 heteroatoms. The number of rotatable bonds is 7. The predicted molar refractivity (Wildman–Crippen MR) is 76.6 cm³/mol. The van der Waals surface area contributed by atoms with Crippen LogP contribution in [0.1, 0.15) is 18.1 Å². The van der Waals surface area contributed by atoms with Crippen LogP contribution in [-0.2, 0) is 11.2 Å². The Balaban J connectivity index is 1.81. The highest BCUT2D eigenvalue weighted by Crippen LogP contribution is 2.22. The molecule has 0 aliphatic heterocycles. The summed E-state index contributed by atoms with van der Waals surface area (Å²) in [4.78, 5) is 13.7. The molecule has 0 saturated heterocycles. The molecule has 0 saturated carbocycles. The van der Waals surface area contributed by atoms with Crippen LogP contribution in [0.5, 0.6) is 0 Å². The molecule has 1 amide bonds. The Bertz CT molecular complexity index is 589. The maximum Gasteiger partial charge on any atom is 0.251 e. The first kappa shape index (κ1) is 15.2. The average Bonchev–Trinajstić information content (AvgIpc) is 3.04. The summed E-state index contributed by atoms with van der Waals surface area (Å²) in [5, 5.41) is 10.8. The summed E-state index contributed by atoms with van der Waals surface area (Å²) in [6.07, 6.45) is 2.34. The maximum atomic E-state index is 11.7. The third kappa shape index (κ3) is 4.42. The summed E-state index contributed by atoms with van der Waals surface area (Å²) in [6.45, 7) is 3.28. The third-order valence-electron chi connectivity index (χ3n) is 3.00. The molecule has 2 aromatic rings. The largest absolute Gasteiger partial charge is 0.469 e. The average molecular weight is 292 g/mol. The molecule has 2 heterocycles. The van der Waals surface area contributed by atoms with Crippen molar-refractivity contribution >= 4 is 5.91 Å². The minimum Gasteiger partial charge on any atom is -0.469 e. The van der Waals surface area contributed by atoms with E-state index in [0.29, 0.717) is 31.2 Å². The zero-order valence-corrected chi connectivity index (χ0v) is 12.5. The van der Waals surface area contributed by atoms with Crippen LogP contribution in [0.2, 0.25) is 0 Å². The number of nitrogens with zero attached hydrogens (tertiary/aromatic N) is 3. The molecule has 2 rings (SSSR count). The van der Waals surface area contributed by atoms with Crippen LogP contribution < -0.4 is 5.32 Å². The van der Waals surface area contributed by atoms with Crippen molar-refractivity contribution in [1.29, 1.82) is 0 Å². The lowest BCUT2D eigenvalue weighted by Crippen LogP contribution is -2.31. The Hall–Kier alpha value is -2.15. The van der Waals surface area contributed by atoms with Gasteiger partial charge in [0.15, 0.2) is 0 Å². The molecule has 21 heavy (non-hydrogen) atoms. The van der Waals surface area contributed by atoms with E-state index < -0.39 is 0 Å². The van der Waals surface area contributed by atoms with Gasteiger partial charge in [0.05, 0.1) is 11.8 Å². The highest BCUT2D eigenvalue weighted by atomic mass is 16.4. The van der Waals surface area contributed by atoms with Crippen molar-refractivity contribution in [3.8, 4) is 11.5 Å². The molecule has 114 valence electrons. The topological polar surface area (TPSA) is 84.4 Å². The standard InChI is InChI=1S/C14H20N4O3/c1-10-11(6-9-20-10)14-17-16-13(21-14)5-4-12(19)15-7-8-18(2)3/h6,9H,4-5,7-8H2,1-3H3,(H,15,19). The van der Waals surface area contributed by atoms with Gasteiger partial charge >= 0.3 is 0 Å². The number of furan rings is 1. The summed E-state index contributed by atoms with van der Waals surface area (Å²) in [5.41, 5.74) is 0.782. The van der Waals surface area contributed by atoms with Gasteiger partial charge < -0.3 is 19.1 Å². The lowest BCUT2D eigenvalue weighted by atomic mass is 10.2. The Morgan fingerprint density at radius 2 is 2.19 bits per heavy atom. The van der Waals surface area contributed by atoms with E-state index in [4.69, 9.17) is 8.83 Å². The number of hydrogen-bond donors (Lipinski definition) is 1. The number of aromatic nitrogens is 2.